The van der Waals surface area contributed by atoms with Crippen LogP contribution in [-0.2, 0) is 6.42 Å². The zero-order chi connectivity index (χ0) is 11.4. The molecule has 2 nitrogen and oxygen atoms in total. The summed E-state index contributed by atoms with van der Waals surface area (Å²) in [6, 6.07) is 3.59. The maximum absolute atomic E-state index is 11.0. The lowest BCUT2D eigenvalue weighted by Crippen LogP contribution is -2.04. The van der Waals surface area contributed by atoms with Crippen molar-refractivity contribution in [2.24, 2.45) is 0 Å². The van der Waals surface area contributed by atoms with E-state index in [2.05, 4.69) is 6.92 Å². The number of benzene rings is 1. The first-order valence-corrected chi connectivity index (χ1v) is 6.08. The quantitative estimate of drug-likeness (QED) is 0.797. The zero-order valence-electron chi connectivity index (χ0n) is 9.33. The molecule has 0 aromatic heterocycles. The fraction of sp³-hybridized carbons (Fsp3) is 0.417. The molecule has 0 aliphatic carbocycles. The Hall–Kier alpha value is -0.960. The molecule has 15 heavy (non-hydrogen) atoms. The lowest BCUT2D eigenvalue weighted by Gasteiger charge is -2.12. The third kappa shape index (κ3) is 2.53. The third-order valence-corrected chi connectivity index (χ3v) is 3.48. The summed E-state index contributed by atoms with van der Waals surface area (Å²) in [5, 5.41) is 9.07. The van der Waals surface area contributed by atoms with Crippen molar-refractivity contribution in [3.8, 4) is 0 Å². The van der Waals surface area contributed by atoms with Gasteiger partial charge in [0.15, 0.2) is 0 Å². The monoisotopic (exact) mass is 224 g/mol. The minimum Gasteiger partial charge on any atom is -0.478 e. The highest BCUT2D eigenvalue weighted by Crippen LogP contribution is 2.29. The van der Waals surface area contributed by atoms with Gasteiger partial charge in [-0.3, -0.25) is 0 Å². The molecule has 82 valence electrons. The lowest BCUT2D eigenvalue weighted by molar-refractivity contribution is 0.0695. The molecule has 0 saturated carbocycles. The van der Waals surface area contributed by atoms with Gasteiger partial charge in [0.1, 0.15) is 0 Å². The number of hydrogen-bond donors (Lipinski definition) is 1. The molecule has 0 aliphatic heterocycles. The largest absolute Gasteiger partial charge is 0.478 e. The molecule has 0 bridgehead atoms. The van der Waals surface area contributed by atoms with Gasteiger partial charge in [-0.15, -0.1) is 11.8 Å². The van der Waals surface area contributed by atoms with E-state index < -0.39 is 5.97 Å². The van der Waals surface area contributed by atoms with Crippen LogP contribution in [0.4, 0.5) is 0 Å². The van der Waals surface area contributed by atoms with Gasteiger partial charge in [-0.25, -0.2) is 4.79 Å². The summed E-state index contributed by atoms with van der Waals surface area (Å²) < 4.78 is 0. The molecule has 0 fully saturated rings. The van der Waals surface area contributed by atoms with Gasteiger partial charge < -0.3 is 5.11 Å². The summed E-state index contributed by atoms with van der Waals surface area (Å²) in [5.74, 6) is 0.140. The van der Waals surface area contributed by atoms with Crippen LogP contribution in [0.1, 0.15) is 35.3 Å². The average molecular weight is 224 g/mol. The van der Waals surface area contributed by atoms with Crippen LogP contribution < -0.4 is 0 Å². The van der Waals surface area contributed by atoms with E-state index in [0.717, 1.165) is 22.6 Å². The van der Waals surface area contributed by atoms with E-state index in [-0.39, 0.29) is 0 Å². The van der Waals surface area contributed by atoms with Gasteiger partial charge in [-0.2, -0.15) is 0 Å². The highest BCUT2D eigenvalue weighted by molar-refractivity contribution is 7.99. The molecule has 0 aliphatic rings. The number of aromatic carboxylic acids is 1. The summed E-state index contributed by atoms with van der Waals surface area (Å²) in [6.07, 6.45) is 0.769. The Kier molecular flexibility index (Phi) is 4.21. The maximum atomic E-state index is 11.0. The number of hydrogen-bond acceptors (Lipinski definition) is 2. The fourth-order valence-electron chi connectivity index (χ4n) is 1.64. The summed E-state index contributed by atoms with van der Waals surface area (Å²) in [4.78, 5) is 12.2. The van der Waals surface area contributed by atoms with Crippen LogP contribution in [-0.4, -0.2) is 16.8 Å². The van der Waals surface area contributed by atoms with E-state index in [1.165, 1.54) is 5.56 Å². The van der Waals surface area contributed by atoms with Crippen molar-refractivity contribution in [3.63, 3.8) is 0 Å². The topological polar surface area (TPSA) is 37.3 Å². The van der Waals surface area contributed by atoms with Crippen LogP contribution in [0, 0.1) is 6.92 Å². The van der Waals surface area contributed by atoms with Gasteiger partial charge in [0.2, 0.25) is 0 Å². The highest BCUT2D eigenvalue weighted by atomic mass is 32.2. The standard InChI is InChI=1S/C12H16O2S/c1-4-9-10(12(13)14)7-6-8(3)11(9)15-5-2/h6-7H,4-5H2,1-3H3,(H,13,14). The number of carboxylic acids is 1. The number of carbonyl (C=O) groups is 1. The van der Waals surface area contributed by atoms with E-state index in [1.807, 2.05) is 19.9 Å². The Morgan fingerprint density at radius 2 is 2.07 bits per heavy atom. The first kappa shape index (κ1) is 12.1. The first-order valence-electron chi connectivity index (χ1n) is 5.10. The Balaban J connectivity index is 3.33. The predicted octanol–water partition coefficient (Wildman–Crippen LogP) is 3.37. The molecule has 1 aromatic rings. The van der Waals surface area contributed by atoms with Crippen molar-refractivity contribution >= 4 is 17.7 Å². The second-order valence-electron chi connectivity index (χ2n) is 3.33. The second-order valence-corrected chi connectivity index (χ2v) is 4.60. The van der Waals surface area contributed by atoms with Gasteiger partial charge in [0, 0.05) is 4.90 Å². The van der Waals surface area contributed by atoms with Crippen LogP contribution in [0.25, 0.3) is 0 Å². The van der Waals surface area contributed by atoms with E-state index in [0.29, 0.717) is 5.56 Å². The Morgan fingerprint density at radius 1 is 1.40 bits per heavy atom. The van der Waals surface area contributed by atoms with E-state index in [1.54, 1.807) is 17.8 Å². The summed E-state index contributed by atoms with van der Waals surface area (Å²) in [7, 11) is 0. The molecule has 0 unspecified atom stereocenters. The van der Waals surface area contributed by atoms with Crippen LogP contribution in [0.5, 0.6) is 0 Å². The van der Waals surface area contributed by atoms with Crippen molar-refractivity contribution in [3.05, 3.63) is 28.8 Å². The Labute approximate surface area is 94.7 Å². The normalized spacial score (nSPS) is 10.3. The lowest BCUT2D eigenvalue weighted by atomic mass is 10.0. The predicted molar refractivity (Wildman–Crippen MR) is 63.9 cm³/mol. The van der Waals surface area contributed by atoms with Gasteiger partial charge in [-0.1, -0.05) is 19.9 Å². The molecule has 1 N–H and O–H groups in total. The van der Waals surface area contributed by atoms with Crippen LogP contribution in [0.3, 0.4) is 0 Å². The second kappa shape index (κ2) is 5.21. The Bertz CT molecular complexity index is 372. The molecule has 3 heteroatoms. The Morgan fingerprint density at radius 3 is 2.53 bits per heavy atom. The number of aryl methyl sites for hydroxylation is 1. The van der Waals surface area contributed by atoms with Crippen LogP contribution in [0.2, 0.25) is 0 Å². The van der Waals surface area contributed by atoms with Gasteiger partial charge >= 0.3 is 5.97 Å². The summed E-state index contributed by atoms with van der Waals surface area (Å²) >= 11 is 1.72. The minimum absolute atomic E-state index is 0.444. The minimum atomic E-state index is -0.829. The molecular formula is C12H16O2S. The number of rotatable bonds is 4. The molecular weight excluding hydrogens is 208 g/mol. The number of thioether (sulfide) groups is 1. The van der Waals surface area contributed by atoms with E-state index in [4.69, 9.17) is 5.11 Å². The molecule has 0 atom stereocenters. The van der Waals surface area contributed by atoms with E-state index >= 15 is 0 Å². The highest BCUT2D eigenvalue weighted by Gasteiger charge is 2.14. The molecule has 0 heterocycles. The van der Waals surface area contributed by atoms with Gasteiger partial charge in [-0.05, 0) is 36.3 Å². The molecule has 0 amide bonds. The molecule has 0 spiro atoms. The fourth-order valence-corrected chi connectivity index (χ4v) is 2.65. The van der Waals surface area contributed by atoms with Gasteiger partial charge in [0.25, 0.3) is 0 Å². The van der Waals surface area contributed by atoms with Gasteiger partial charge in [0.05, 0.1) is 5.56 Å². The zero-order valence-corrected chi connectivity index (χ0v) is 10.1. The van der Waals surface area contributed by atoms with Crippen molar-refractivity contribution in [2.45, 2.75) is 32.1 Å². The van der Waals surface area contributed by atoms with Crippen molar-refractivity contribution in [1.29, 1.82) is 0 Å². The number of carboxylic acid groups (broad SMARTS) is 1. The van der Waals surface area contributed by atoms with Crippen LogP contribution >= 0.6 is 11.8 Å². The molecule has 1 aromatic carbocycles. The third-order valence-electron chi connectivity index (χ3n) is 2.33. The summed E-state index contributed by atoms with van der Waals surface area (Å²) in [6.45, 7) is 6.11. The van der Waals surface area contributed by atoms with Crippen molar-refractivity contribution < 1.29 is 9.90 Å². The SMILES string of the molecule is CCSc1c(C)ccc(C(=O)O)c1CC. The van der Waals surface area contributed by atoms with E-state index in [9.17, 15) is 4.79 Å². The maximum Gasteiger partial charge on any atom is 0.336 e. The van der Waals surface area contributed by atoms with Crippen molar-refractivity contribution in [2.75, 3.05) is 5.75 Å². The molecule has 0 radical (unpaired) electrons. The molecule has 1 rings (SSSR count). The molecule has 0 saturated heterocycles. The van der Waals surface area contributed by atoms with Crippen LogP contribution in [0.15, 0.2) is 17.0 Å². The smallest absolute Gasteiger partial charge is 0.336 e. The average Bonchev–Trinajstić information content (AvgIpc) is 2.20. The van der Waals surface area contributed by atoms with Crippen molar-refractivity contribution in [1.82, 2.24) is 0 Å². The first-order chi connectivity index (χ1) is 7.11. The summed E-state index contributed by atoms with van der Waals surface area (Å²) in [5.41, 5.74) is 2.58.